The Balaban J connectivity index is 0.00000132. The molecular formula is C20H21N. The average Bonchev–Trinajstić information content (AvgIpc) is 2.54. The molecular weight excluding hydrogens is 254 g/mol. The predicted octanol–water partition coefficient (Wildman–Crippen LogP) is 5.47. The maximum atomic E-state index is 2.32. The minimum Gasteiger partial charge on any atom is -0.344 e. The van der Waals surface area contributed by atoms with Crippen molar-refractivity contribution in [3.63, 3.8) is 0 Å². The molecule has 0 bridgehead atoms. The Morgan fingerprint density at radius 2 is 1.43 bits per heavy atom. The van der Waals surface area contributed by atoms with Crippen molar-refractivity contribution in [2.24, 2.45) is 0 Å². The Hall–Kier alpha value is -2.12. The lowest BCUT2D eigenvalue weighted by molar-refractivity contribution is 0.619. The molecule has 0 fully saturated rings. The van der Waals surface area contributed by atoms with Crippen molar-refractivity contribution in [1.29, 1.82) is 0 Å². The van der Waals surface area contributed by atoms with Gasteiger partial charge in [-0.2, -0.15) is 0 Å². The van der Waals surface area contributed by atoms with E-state index in [4.69, 9.17) is 0 Å². The molecule has 3 aromatic rings. The van der Waals surface area contributed by atoms with Gasteiger partial charge in [0.25, 0.3) is 0 Å². The highest BCUT2D eigenvalue weighted by Gasteiger charge is 2.22. The second kappa shape index (κ2) is 5.71. The first-order valence-corrected chi connectivity index (χ1v) is 7.49. The van der Waals surface area contributed by atoms with Crippen LogP contribution in [0.15, 0.2) is 66.7 Å². The second-order valence-corrected chi connectivity index (χ2v) is 5.71. The topological polar surface area (TPSA) is 35.0 Å². The fraction of sp³-hybridized carbons (Fsp3) is 0.200. The molecule has 1 heteroatoms. The van der Waals surface area contributed by atoms with Crippen LogP contribution in [0.25, 0.3) is 10.8 Å². The van der Waals surface area contributed by atoms with Crippen LogP contribution in [0.1, 0.15) is 35.4 Å². The van der Waals surface area contributed by atoms with Crippen LogP contribution in [0.4, 0.5) is 0 Å². The van der Waals surface area contributed by atoms with E-state index < -0.39 is 0 Å². The summed E-state index contributed by atoms with van der Waals surface area (Å²) in [5.74, 6) is 0.561. The van der Waals surface area contributed by atoms with Gasteiger partial charge < -0.3 is 6.15 Å². The Bertz CT molecular complexity index is 755. The molecule has 0 aromatic heterocycles. The molecule has 1 aliphatic carbocycles. The third-order valence-electron chi connectivity index (χ3n) is 4.57. The standard InChI is InChI=1S/C20H18.H3N/c1-3-11-17-15(7-1)9-5-13-19(17)20-14-6-10-16-8-2-4-12-18(16)20;/h1-5,7-9,11-13,20H,6,10,14H2;1H3. The summed E-state index contributed by atoms with van der Waals surface area (Å²) in [5, 5.41) is 2.77. The molecule has 3 N–H and O–H groups in total. The molecule has 0 spiro atoms. The number of aryl methyl sites for hydroxylation is 1. The third kappa shape index (κ3) is 2.34. The van der Waals surface area contributed by atoms with E-state index in [0.717, 1.165) is 0 Å². The average molecular weight is 275 g/mol. The smallest absolute Gasteiger partial charge is 0.00983 e. The van der Waals surface area contributed by atoms with Gasteiger partial charge in [0.1, 0.15) is 0 Å². The van der Waals surface area contributed by atoms with Crippen molar-refractivity contribution in [2.45, 2.75) is 25.2 Å². The van der Waals surface area contributed by atoms with E-state index in [0.29, 0.717) is 5.92 Å². The molecule has 1 atom stereocenters. The van der Waals surface area contributed by atoms with E-state index in [1.54, 1.807) is 0 Å². The molecule has 1 nitrogen and oxygen atoms in total. The van der Waals surface area contributed by atoms with Gasteiger partial charge in [-0.3, -0.25) is 0 Å². The number of hydrogen-bond acceptors (Lipinski definition) is 1. The number of fused-ring (bicyclic) bond motifs is 2. The van der Waals surface area contributed by atoms with Gasteiger partial charge in [0.2, 0.25) is 0 Å². The van der Waals surface area contributed by atoms with Crippen LogP contribution < -0.4 is 6.15 Å². The van der Waals surface area contributed by atoms with Crippen LogP contribution in [-0.2, 0) is 6.42 Å². The van der Waals surface area contributed by atoms with Gasteiger partial charge in [-0.05, 0) is 46.7 Å². The Morgan fingerprint density at radius 1 is 0.714 bits per heavy atom. The van der Waals surface area contributed by atoms with Gasteiger partial charge in [-0.1, -0.05) is 66.7 Å². The monoisotopic (exact) mass is 275 g/mol. The third-order valence-corrected chi connectivity index (χ3v) is 4.57. The van der Waals surface area contributed by atoms with Crippen molar-refractivity contribution in [3.8, 4) is 0 Å². The van der Waals surface area contributed by atoms with Gasteiger partial charge in [0.05, 0.1) is 0 Å². The van der Waals surface area contributed by atoms with Crippen molar-refractivity contribution >= 4 is 10.8 Å². The summed E-state index contributed by atoms with van der Waals surface area (Å²) in [6, 6.07) is 24.5. The van der Waals surface area contributed by atoms with Crippen molar-refractivity contribution in [3.05, 3.63) is 83.4 Å². The van der Waals surface area contributed by atoms with E-state index in [9.17, 15) is 0 Å². The van der Waals surface area contributed by atoms with Gasteiger partial charge in [0.15, 0.2) is 0 Å². The zero-order valence-electron chi connectivity index (χ0n) is 12.3. The molecule has 0 amide bonds. The zero-order chi connectivity index (χ0) is 13.4. The van der Waals surface area contributed by atoms with Crippen LogP contribution in [0.3, 0.4) is 0 Å². The van der Waals surface area contributed by atoms with Crippen LogP contribution in [0.5, 0.6) is 0 Å². The maximum absolute atomic E-state index is 2.32. The molecule has 0 aliphatic heterocycles. The first kappa shape index (κ1) is 13.8. The fourth-order valence-electron chi connectivity index (χ4n) is 3.63. The van der Waals surface area contributed by atoms with Crippen LogP contribution in [0, 0.1) is 0 Å². The lowest BCUT2D eigenvalue weighted by atomic mass is 9.77. The highest BCUT2D eigenvalue weighted by Crippen LogP contribution is 2.39. The molecule has 1 aliphatic rings. The van der Waals surface area contributed by atoms with Crippen molar-refractivity contribution in [1.82, 2.24) is 6.15 Å². The molecule has 0 saturated carbocycles. The first-order chi connectivity index (χ1) is 9.93. The molecule has 4 rings (SSSR count). The van der Waals surface area contributed by atoms with Gasteiger partial charge >= 0.3 is 0 Å². The quantitative estimate of drug-likeness (QED) is 0.628. The minimum atomic E-state index is 0. The summed E-state index contributed by atoms with van der Waals surface area (Å²) in [6.45, 7) is 0. The predicted molar refractivity (Wildman–Crippen MR) is 90.2 cm³/mol. The van der Waals surface area contributed by atoms with Crippen molar-refractivity contribution in [2.75, 3.05) is 0 Å². The summed E-state index contributed by atoms with van der Waals surface area (Å²) in [4.78, 5) is 0. The number of hydrogen-bond donors (Lipinski definition) is 1. The van der Waals surface area contributed by atoms with Gasteiger partial charge in [-0.25, -0.2) is 0 Å². The number of benzene rings is 3. The summed E-state index contributed by atoms with van der Waals surface area (Å²) in [5.41, 5.74) is 4.57. The largest absolute Gasteiger partial charge is 0.344 e. The molecule has 0 heterocycles. The normalized spacial score (nSPS) is 17.0. The van der Waals surface area contributed by atoms with Crippen LogP contribution in [0.2, 0.25) is 0 Å². The minimum absolute atomic E-state index is 0. The molecule has 3 aromatic carbocycles. The lowest BCUT2D eigenvalue weighted by Crippen LogP contribution is -2.11. The Kier molecular flexibility index (Phi) is 3.76. The lowest BCUT2D eigenvalue weighted by Gasteiger charge is -2.27. The summed E-state index contributed by atoms with van der Waals surface area (Å²) < 4.78 is 0. The number of rotatable bonds is 1. The van der Waals surface area contributed by atoms with E-state index >= 15 is 0 Å². The molecule has 0 radical (unpaired) electrons. The van der Waals surface area contributed by atoms with Gasteiger partial charge in [-0.15, -0.1) is 0 Å². The summed E-state index contributed by atoms with van der Waals surface area (Å²) >= 11 is 0. The highest BCUT2D eigenvalue weighted by molar-refractivity contribution is 5.86. The molecule has 1 unspecified atom stereocenters. The van der Waals surface area contributed by atoms with Crippen LogP contribution in [-0.4, -0.2) is 0 Å². The van der Waals surface area contributed by atoms with E-state index in [-0.39, 0.29) is 6.15 Å². The Morgan fingerprint density at radius 3 is 2.38 bits per heavy atom. The molecule has 21 heavy (non-hydrogen) atoms. The van der Waals surface area contributed by atoms with Gasteiger partial charge in [0, 0.05) is 5.92 Å². The first-order valence-electron chi connectivity index (χ1n) is 7.49. The van der Waals surface area contributed by atoms with E-state index in [1.807, 2.05) is 0 Å². The van der Waals surface area contributed by atoms with Crippen LogP contribution >= 0.6 is 0 Å². The molecule has 0 saturated heterocycles. The SMILES string of the molecule is N.c1ccc2c(c1)CCCC2c1cccc2ccccc12. The molecule has 106 valence electrons. The maximum Gasteiger partial charge on any atom is 0.00983 e. The van der Waals surface area contributed by atoms with E-state index in [1.165, 1.54) is 46.7 Å². The highest BCUT2D eigenvalue weighted by atomic mass is 14.3. The summed E-state index contributed by atoms with van der Waals surface area (Å²) in [7, 11) is 0. The Labute approximate surface area is 126 Å². The zero-order valence-corrected chi connectivity index (χ0v) is 12.3. The fourth-order valence-corrected chi connectivity index (χ4v) is 3.63. The van der Waals surface area contributed by atoms with E-state index in [2.05, 4.69) is 66.7 Å². The second-order valence-electron chi connectivity index (χ2n) is 5.71. The van der Waals surface area contributed by atoms with Crippen molar-refractivity contribution < 1.29 is 0 Å². The summed E-state index contributed by atoms with van der Waals surface area (Å²) in [6.07, 6.45) is 3.80.